The Morgan fingerprint density at radius 1 is 1.17 bits per heavy atom. The molecule has 1 amide bonds. The number of hydrogen-bond acceptors (Lipinski definition) is 2. The van der Waals surface area contributed by atoms with Crippen molar-refractivity contribution >= 4 is 18.3 Å². The van der Waals surface area contributed by atoms with Crippen LogP contribution in [0.15, 0.2) is 0 Å². The Morgan fingerprint density at radius 3 is 2.28 bits per heavy atom. The minimum absolute atomic E-state index is 0. The van der Waals surface area contributed by atoms with Crippen molar-refractivity contribution in [3.63, 3.8) is 0 Å². The van der Waals surface area contributed by atoms with Crippen molar-refractivity contribution in [2.24, 2.45) is 11.3 Å². The second-order valence-electron chi connectivity index (χ2n) is 6.39. The molecule has 0 radical (unpaired) electrons. The molecule has 1 saturated carbocycles. The Morgan fingerprint density at radius 2 is 1.72 bits per heavy atom. The third-order valence-corrected chi connectivity index (χ3v) is 5.29. The number of nitrogens with zero attached hydrogens (tertiary/aromatic N) is 1. The van der Waals surface area contributed by atoms with Gasteiger partial charge in [0.1, 0.15) is 0 Å². The van der Waals surface area contributed by atoms with Gasteiger partial charge in [0.2, 0.25) is 5.91 Å². The highest BCUT2D eigenvalue weighted by Gasteiger charge is 2.59. The summed E-state index contributed by atoms with van der Waals surface area (Å²) in [7, 11) is 0. The van der Waals surface area contributed by atoms with Crippen molar-refractivity contribution in [3.05, 3.63) is 0 Å². The van der Waals surface area contributed by atoms with Crippen LogP contribution in [0.3, 0.4) is 0 Å². The monoisotopic (exact) mass is 272 g/mol. The molecule has 3 rings (SSSR count). The standard InChI is InChI=1S/C14H24N2O.ClH/c1-10-3-4-11(2)16(10)13(17)12-9-14(12)5-7-15-8-6-14;/h10-12,15H,3-9H2,1-2H3;1H. The van der Waals surface area contributed by atoms with Crippen LogP contribution < -0.4 is 5.32 Å². The normalized spacial score (nSPS) is 37.4. The maximum absolute atomic E-state index is 12.6. The molecule has 4 heteroatoms. The molecule has 2 heterocycles. The summed E-state index contributed by atoms with van der Waals surface area (Å²) in [6.45, 7) is 6.63. The lowest BCUT2D eigenvalue weighted by Gasteiger charge is -2.29. The Labute approximate surface area is 116 Å². The molecule has 0 bridgehead atoms. The summed E-state index contributed by atoms with van der Waals surface area (Å²) in [6.07, 6.45) is 5.95. The molecular formula is C14H25ClN2O. The number of carbonyl (C=O) groups excluding carboxylic acids is 1. The number of likely N-dealkylation sites (tertiary alicyclic amines) is 1. The van der Waals surface area contributed by atoms with Gasteiger partial charge in [-0.2, -0.15) is 0 Å². The highest BCUT2D eigenvalue weighted by atomic mass is 35.5. The molecular weight excluding hydrogens is 248 g/mol. The molecule has 1 N–H and O–H groups in total. The number of carbonyl (C=O) groups is 1. The summed E-state index contributed by atoms with van der Waals surface area (Å²) < 4.78 is 0. The summed E-state index contributed by atoms with van der Waals surface area (Å²) >= 11 is 0. The van der Waals surface area contributed by atoms with E-state index < -0.39 is 0 Å². The van der Waals surface area contributed by atoms with Crippen LogP contribution in [0.4, 0.5) is 0 Å². The lowest BCUT2D eigenvalue weighted by Crippen LogP contribution is -2.41. The number of halogens is 1. The first-order valence-corrected chi connectivity index (χ1v) is 7.17. The van der Waals surface area contributed by atoms with E-state index in [1.807, 2.05) is 0 Å². The van der Waals surface area contributed by atoms with Crippen molar-refractivity contribution in [2.45, 2.75) is 58.0 Å². The van der Waals surface area contributed by atoms with E-state index >= 15 is 0 Å². The zero-order chi connectivity index (χ0) is 12.0. The van der Waals surface area contributed by atoms with Crippen molar-refractivity contribution in [2.75, 3.05) is 13.1 Å². The predicted octanol–water partition coefficient (Wildman–Crippen LogP) is 2.20. The molecule has 18 heavy (non-hydrogen) atoms. The van der Waals surface area contributed by atoms with Crippen LogP contribution in [-0.4, -0.2) is 36.0 Å². The topological polar surface area (TPSA) is 32.3 Å². The first-order valence-electron chi connectivity index (χ1n) is 7.17. The number of rotatable bonds is 1. The van der Waals surface area contributed by atoms with Gasteiger partial charge in [-0.3, -0.25) is 4.79 Å². The van der Waals surface area contributed by atoms with Crippen LogP contribution in [0.2, 0.25) is 0 Å². The molecule has 104 valence electrons. The van der Waals surface area contributed by atoms with Crippen LogP contribution in [0.1, 0.15) is 46.0 Å². The van der Waals surface area contributed by atoms with E-state index in [1.165, 1.54) is 25.7 Å². The molecule has 0 aromatic heterocycles. The molecule has 3 atom stereocenters. The van der Waals surface area contributed by atoms with Crippen LogP contribution in [0, 0.1) is 11.3 Å². The largest absolute Gasteiger partial charge is 0.337 e. The van der Waals surface area contributed by atoms with Gasteiger partial charge in [0.05, 0.1) is 0 Å². The minimum atomic E-state index is 0. The number of nitrogens with one attached hydrogen (secondary N) is 1. The maximum atomic E-state index is 12.6. The zero-order valence-corrected chi connectivity index (χ0v) is 12.3. The third-order valence-electron chi connectivity index (χ3n) is 5.29. The highest BCUT2D eigenvalue weighted by Crippen LogP contribution is 2.59. The Hall–Kier alpha value is -0.280. The van der Waals surface area contributed by atoms with Crippen molar-refractivity contribution in [3.8, 4) is 0 Å². The number of amides is 1. The van der Waals surface area contributed by atoms with Gasteiger partial charge in [-0.05, 0) is 64.5 Å². The van der Waals surface area contributed by atoms with Crippen LogP contribution >= 0.6 is 12.4 Å². The van der Waals surface area contributed by atoms with Crippen molar-refractivity contribution < 1.29 is 4.79 Å². The fourth-order valence-corrected chi connectivity index (χ4v) is 3.98. The van der Waals surface area contributed by atoms with E-state index in [4.69, 9.17) is 0 Å². The number of piperidine rings is 1. The van der Waals surface area contributed by atoms with E-state index in [2.05, 4.69) is 24.1 Å². The molecule has 0 aromatic carbocycles. The predicted molar refractivity (Wildman–Crippen MR) is 74.9 cm³/mol. The van der Waals surface area contributed by atoms with Crippen LogP contribution in [-0.2, 0) is 4.79 Å². The molecule has 3 aliphatic rings. The summed E-state index contributed by atoms with van der Waals surface area (Å²) in [6, 6.07) is 0.939. The van der Waals surface area contributed by atoms with Gasteiger partial charge in [0.25, 0.3) is 0 Å². The molecule has 2 saturated heterocycles. The van der Waals surface area contributed by atoms with Crippen molar-refractivity contribution in [1.82, 2.24) is 10.2 Å². The summed E-state index contributed by atoms with van der Waals surface area (Å²) in [4.78, 5) is 14.8. The molecule has 3 fully saturated rings. The first-order chi connectivity index (χ1) is 8.14. The zero-order valence-electron chi connectivity index (χ0n) is 11.4. The average molecular weight is 273 g/mol. The van der Waals surface area contributed by atoms with Crippen LogP contribution in [0.25, 0.3) is 0 Å². The average Bonchev–Trinajstić information content (AvgIpc) is 2.90. The highest BCUT2D eigenvalue weighted by molar-refractivity contribution is 5.85. The Kier molecular flexibility index (Phi) is 3.93. The van der Waals surface area contributed by atoms with Gasteiger partial charge >= 0.3 is 0 Å². The van der Waals surface area contributed by atoms with E-state index in [-0.39, 0.29) is 12.4 Å². The van der Waals surface area contributed by atoms with Gasteiger partial charge < -0.3 is 10.2 Å². The van der Waals surface area contributed by atoms with Crippen LogP contribution in [0.5, 0.6) is 0 Å². The molecule has 3 unspecified atom stereocenters. The second-order valence-corrected chi connectivity index (χ2v) is 6.39. The Bertz CT molecular complexity index is 318. The summed E-state index contributed by atoms with van der Waals surface area (Å²) in [5.41, 5.74) is 0.393. The molecule has 1 spiro atoms. The van der Waals surface area contributed by atoms with Crippen molar-refractivity contribution in [1.29, 1.82) is 0 Å². The van der Waals surface area contributed by atoms with E-state index in [1.54, 1.807) is 0 Å². The maximum Gasteiger partial charge on any atom is 0.226 e. The lowest BCUT2D eigenvalue weighted by molar-refractivity contribution is -0.135. The van der Waals surface area contributed by atoms with Gasteiger partial charge in [0, 0.05) is 18.0 Å². The number of hydrogen-bond donors (Lipinski definition) is 1. The molecule has 0 aromatic rings. The summed E-state index contributed by atoms with van der Waals surface area (Å²) in [5.74, 6) is 0.817. The third kappa shape index (κ3) is 2.16. The SMILES string of the molecule is CC1CCC(C)N1C(=O)C1CC12CCNCC2.Cl. The van der Waals surface area contributed by atoms with E-state index in [0.717, 1.165) is 19.5 Å². The molecule has 3 nitrogen and oxygen atoms in total. The minimum Gasteiger partial charge on any atom is -0.337 e. The Balaban J connectivity index is 0.00000120. The van der Waals surface area contributed by atoms with Gasteiger partial charge in [-0.25, -0.2) is 0 Å². The lowest BCUT2D eigenvalue weighted by atomic mass is 9.91. The fraction of sp³-hybridized carbons (Fsp3) is 0.929. The quantitative estimate of drug-likeness (QED) is 0.794. The second kappa shape index (κ2) is 5.01. The van der Waals surface area contributed by atoms with Gasteiger partial charge in [0.15, 0.2) is 0 Å². The van der Waals surface area contributed by atoms with Gasteiger partial charge in [-0.1, -0.05) is 0 Å². The molecule has 1 aliphatic carbocycles. The van der Waals surface area contributed by atoms with E-state index in [0.29, 0.717) is 29.3 Å². The summed E-state index contributed by atoms with van der Waals surface area (Å²) in [5, 5.41) is 3.40. The first kappa shape index (κ1) is 14.1. The van der Waals surface area contributed by atoms with Gasteiger partial charge in [-0.15, -0.1) is 12.4 Å². The van der Waals surface area contributed by atoms with E-state index in [9.17, 15) is 4.79 Å². The fourth-order valence-electron chi connectivity index (χ4n) is 3.98. The smallest absolute Gasteiger partial charge is 0.226 e. The molecule has 2 aliphatic heterocycles.